The van der Waals surface area contributed by atoms with Crippen molar-refractivity contribution < 1.29 is 0 Å². The summed E-state index contributed by atoms with van der Waals surface area (Å²) in [7, 11) is 0. The lowest BCUT2D eigenvalue weighted by Crippen LogP contribution is -2.16. The Bertz CT molecular complexity index is 9560. The number of H-pyrrole nitrogens is 9. The number of nitrogens with one attached hydrogen (secondary N) is 9. The third kappa shape index (κ3) is 13.7. The molecule has 0 spiro atoms. The molecule has 0 aliphatic carbocycles. The van der Waals surface area contributed by atoms with E-state index in [0.717, 1.165) is 84.2 Å². The van der Waals surface area contributed by atoms with Gasteiger partial charge in [-0.25, -0.2) is 0 Å². The molecule has 0 fully saturated rings. The Labute approximate surface area is 791 Å². The minimum absolute atomic E-state index is 0.224. The molecule has 0 aliphatic heterocycles. The van der Waals surface area contributed by atoms with E-state index in [9.17, 15) is 43.2 Å². The first-order valence-electron chi connectivity index (χ1n) is 45.4. The fourth-order valence-electron chi connectivity index (χ4n) is 19.8. The highest BCUT2D eigenvalue weighted by Crippen LogP contribution is 2.40. The van der Waals surface area contributed by atoms with Gasteiger partial charge in [0.15, 0.2) is 48.9 Å². The molecule has 0 atom stereocenters. The van der Waals surface area contributed by atoms with Crippen molar-refractivity contribution in [1.82, 2.24) is 74.8 Å². The van der Waals surface area contributed by atoms with E-state index in [0.29, 0.717) is 132 Å². The van der Waals surface area contributed by atoms with Gasteiger partial charge in [-0.1, -0.05) is 164 Å². The zero-order chi connectivity index (χ0) is 94.9. The van der Waals surface area contributed by atoms with E-state index in [-0.39, 0.29) is 97.3 Å². The smallest absolute Gasteiger partial charge is 0.199 e. The second-order valence-corrected chi connectivity index (χ2v) is 34.5. The Balaban J connectivity index is 0.000000113. The number of hydrogen-bond acceptors (Lipinski definition) is 15. The topological polar surface area (TPSA) is 373 Å². The molecule has 0 radical (unpaired) electrons. The first-order chi connectivity index (χ1) is 69.2. The summed E-state index contributed by atoms with van der Waals surface area (Å²) in [6.45, 7) is 0. The molecule has 141 heavy (non-hydrogen) atoms. The third-order valence-corrected chi connectivity index (χ3v) is 26.5. The monoisotopic (exact) mass is 1830 g/mol. The second kappa shape index (κ2) is 33.3. The molecule has 24 nitrogen and oxygen atoms in total. The van der Waals surface area contributed by atoms with Crippen LogP contribution in [0.3, 0.4) is 0 Å². The molecule has 27 aromatic rings. The highest BCUT2D eigenvalue weighted by molar-refractivity contribution is 6.29. The molecule has 24 heteroatoms. The number of rotatable bonds is 9. The van der Waals surface area contributed by atoms with Gasteiger partial charge in [-0.05, 0) is 162 Å². The summed E-state index contributed by atoms with van der Waals surface area (Å²) in [6.07, 6.45) is 15.2. The normalized spacial score (nSPS) is 11.7. The van der Waals surface area contributed by atoms with Crippen molar-refractivity contribution in [2.45, 2.75) is 0 Å². The van der Waals surface area contributed by atoms with Gasteiger partial charge in [0.2, 0.25) is 0 Å². The van der Waals surface area contributed by atoms with Crippen molar-refractivity contribution in [2.24, 2.45) is 0 Å². The summed E-state index contributed by atoms with van der Waals surface area (Å²) >= 11 is 0. The summed E-state index contributed by atoms with van der Waals surface area (Å²) in [5.41, 5.74) is 16.5. The molecule has 9 N–H and O–H groups in total. The highest BCUT2D eigenvalue weighted by atomic mass is 16.1. The summed E-state index contributed by atoms with van der Waals surface area (Å²) in [4.78, 5) is 187. The number of aromatic amines is 9. The number of pyridine rings is 15. The van der Waals surface area contributed by atoms with E-state index in [2.05, 4.69) is 74.8 Å². The predicted octanol–water partition coefficient (Wildman–Crippen LogP) is 21.9. The van der Waals surface area contributed by atoms with Crippen molar-refractivity contribution >= 4 is 164 Å². The largest absolute Gasteiger partial charge is 0.360 e. The molecule has 666 valence electrons. The average Bonchev–Trinajstić information content (AvgIpc) is 0.726. The van der Waals surface area contributed by atoms with Crippen LogP contribution in [0.4, 0.5) is 0 Å². The maximum atomic E-state index is 14.7. The van der Waals surface area contributed by atoms with Crippen LogP contribution < -0.4 is 48.9 Å². The number of fused-ring (bicyclic) bond motifs is 24. The molecule has 0 bridgehead atoms. The minimum atomic E-state index is -0.315. The SMILES string of the molecule is O=c1c(-c2ccccc2)c[nH]c2c1c1[nH]cc(-c3ccccc3)c(=O)c1c1[nH]cc(-c3ccccc3)c(=O)c21.O=c1c2cc(-c3ccccn3)ccc2[nH]c2c1c1[nH]c3ccc(-c4ccccn4)cc3c(=O)c1c1[nH]c3ccc(-c4ccccn4)cc3c(=O)c21.O=c1c2ccc(-c3ccccn3)cc2[nH]c2c1c1[nH]c3cc(-c4ccccn4)ccc3c(=O)c1c1[nH]c3cc(-c4ccccn4)ccc3c(=O)c21. The van der Waals surface area contributed by atoms with Gasteiger partial charge in [0.1, 0.15) is 0 Å². The maximum absolute atomic E-state index is 14.7. The number of aromatic nitrogens is 15. The van der Waals surface area contributed by atoms with Crippen molar-refractivity contribution in [3.8, 4) is 101 Å². The van der Waals surface area contributed by atoms with Gasteiger partial charge in [-0.15, -0.1) is 0 Å². The number of nitrogens with zero attached hydrogens (tertiary/aromatic N) is 6. The lowest BCUT2D eigenvalue weighted by Gasteiger charge is -2.14. The van der Waals surface area contributed by atoms with E-state index in [1.165, 1.54) is 0 Å². The van der Waals surface area contributed by atoms with Crippen LogP contribution in [-0.4, -0.2) is 74.8 Å². The quantitative estimate of drug-likeness (QED) is 0.0479. The van der Waals surface area contributed by atoms with Crippen LogP contribution in [-0.2, 0) is 0 Å². The van der Waals surface area contributed by atoms with E-state index in [1.54, 1.807) is 92.2 Å². The fraction of sp³-hybridized carbons (Fsp3) is 0. The Morgan fingerprint density at radius 3 is 0.582 bits per heavy atom. The van der Waals surface area contributed by atoms with Crippen LogP contribution in [0.5, 0.6) is 0 Å². The summed E-state index contributed by atoms with van der Waals surface area (Å²) in [5.74, 6) is 0. The molecule has 12 aromatic carbocycles. The number of hydrogen-bond donors (Lipinski definition) is 9. The first kappa shape index (κ1) is 82.9. The Hall–Kier alpha value is -20.0. The summed E-state index contributed by atoms with van der Waals surface area (Å²) < 4.78 is 0. The summed E-state index contributed by atoms with van der Waals surface area (Å²) in [5, 5.41) is 4.66. The van der Waals surface area contributed by atoms with Gasteiger partial charge in [0.05, 0.1) is 149 Å². The van der Waals surface area contributed by atoms with Crippen LogP contribution in [0, 0.1) is 0 Å². The van der Waals surface area contributed by atoms with Gasteiger partial charge >= 0.3 is 0 Å². The molecule has 15 heterocycles. The van der Waals surface area contributed by atoms with E-state index < -0.39 is 0 Å². The molecule has 27 rings (SSSR count). The number of benzene rings is 12. The van der Waals surface area contributed by atoms with E-state index in [4.69, 9.17) is 0 Å². The molecule has 0 saturated carbocycles. The van der Waals surface area contributed by atoms with Gasteiger partial charge in [0.25, 0.3) is 0 Å². The molecule has 0 saturated heterocycles. The van der Waals surface area contributed by atoms with Crippen LogP contribution in [0.15, 0.2) is 408 Å². The molecular weight excluding hydrogens is 1760 g/mol. The third-order valence-electron chi connectivity index (χ3n) is 26.5. The summed E-state index contributed by atoms with van der Waals surface area (Å²) in [6, 6.07) is 94.7. The second-order valence-electron chi connectivity index (χ2n) is 34.5. The Kier molecular flexibility index (Phi) is 19.5. The van der Waals surface area contributed by atoms with Crippen molar-refractivity contribution in [2.75, 3.05) is 0 Å². The van der Waals surface area contributed by atoms with Gasteiger partial charge in [0, 0.05) is 155 Å². The lowest BCUT2D eigenvalue weighted by molar-refractivity contribution is 1.32. The highest BCUT2D eigenvalue weighted by Gasteiger charge is 2.28. The van der Waals surface area contributed by atoms with Gasteiger partial charge in [-0.3, -0.25) is 73.1 Å². The average molecular weight is 1830 g/mol. The van der Waals surface area contributed by atoms with Crippen LogP contribution in [0.1, 0.15) is 0 Å². The fourth-order valence-corrected chi connectivity index (χ4v) is 19.8. The van der Waals surface area contributed by atoms with Crippen molar-refractivity contribution in [3.63, 3.8) is 0 Å². The van der Waals surface area contributed by atoms with Crippen molar-refractivity contribution in [3.05, 3.63) is 457 Å². The molecule has 0 aliphatic rings. The van der Waals surface area contributed by atoms with Crippen LogP contribution >= 0.6 is 0 Å². The molecule has 0 amide bonds. The molecule has 0 unspecified atom stereocenters. The molecular formula is C117H69N15O9. The Morgan fingerprint density at radius 2 is 0.355 bits per heavy atom. The minimum Gasteiger partial charge on any atom is -0.360 e. The van der Waals surface area contributed by atoms with Crippen LogP contribution in [0.25, 0.3) is 264 Å². The zero-order valence-corrected chi connectivity index (χ0v) is 74.0. The maximum Gasteiger partial charge on any atom is 0.199 e. The Morgan fingerprint density at radius 1 is 0.156 bits per heavy atom. The first-order valence-corrected chi connectivity index (χ1v) is 45.4. The van der Waals surface area contributed by atoms with Crippen molar-refractivity contribution in [1.29, 1.82) is 0 Å². The van der Waals surface area contributed by atoms with Crippen LogP contribution in [0.2, 0.25) is 0 Å². The lowest BCUT2D eigenvalue weighted by atomic mass is 9.96. The van der Waals surface area contributed by atoms with Gasteiger partial charge in [-0.2, -0.15) is 0 Å². The van der Waals surface area contributed by atoms with E-state index >= 15 is 0 Å². The van der Waals surface area contributed by atoms with E-state index in [1.807, 2.05) is 273 Å². The standard InChI is InChI=1S/2C42H24N6O3.C33H21N3O3/c49-40-25-19-22(28-7-1-4-16-43-28)10-13-31(25)46-37-34(40)38-36(42(51)26-20-23(11-14-32(26)47-38)29-8-2-5-17-44-29)39-35(37)41(50)27-21-24(12-15-33(27)48-39)30-9-3-6-18-45-30;49-40-25-13-10-22(28-7-1-4-16-43-28)19-31(25)46-37-34(40)38-36(42(51)27-15-12-24(21-33(27)47-38)30-9-3-6-18-45-30)39-35(37)41(50)26-14-11-23(20-32(26)48-39)29-8-2-5-17-44-29;37-31-22(19-10-4-1-5-11-19)16-34-28-25(31)29-27(33(39)23(17-35-29)20-12-6-2-7-13-20)30-26(28)32(38)24(18-36-30)21-14-8-3-9-15-21/h2*1-21H,(H,46,49)(H,47,51)(H,48,50);1-18H,(H,34,37)(H,35,39)(H,36,38). The zero-order valence-electron chi connectivity index (χ0n) is 74.0. The molecule has 15 aromatic heterocycles. The predicted molar refractivity (Wildman–Crippen MR) is 563 cm³/mol. The van der Waals surface area contributed by atoms with Gasteiger partial charge < -0.3 is 44.9 Å².